The normalized spacial score (nSPS) is 28.2. The van der Waals surface area contributed by atoms with Gasteiger partial charge in [0.05, 0.1) is 36.1 Å². The van der Waals surface area contributed by atoms with Crippen LogP contribution in [0.25, 0.3) is 22.2 Å². The number of phosphoric ester groups is 1. The van der Waals surface area contributed by atoms with E-state index in [0.29, 0.717) is 0 Å². The number of nitro groups is 1. The van der Waals surface area contributed by atoms with Crippen LogP contribution in [0.4, 0.5) is 15.9 Å². The first-order valence-corrected chi connectivity index (χ1v) is 17.2. The molecule has 21 nitrogen and oxygen atoms in total. The first-order chi connectivity index (χ1) is 21.7. The number of nitrogen functional groups attached to an aromatic ring is 1. The molecule has 25 heteroatoms. The van der Waals surface area contributed by atoms with Crippen LogP contribution in [-0.4, -0.2) is 103 Å². The number of phosphoric acid groups is 1. The third-order valence-corrected chi connectivity index (χ3v) is 8.93. The maximum absolute atomic E-state index is 15.9. The summed E-state index contributed by atoms with van der Waals surface area (Å²) in [6, 6.07) is 4.19. The lowest BCUT2D eigenvalue weighted by molar-refractivity contribution is -0.383. The number of aliphatic hydroxyl groups is 1. The Balaban J connectivity index is 1.15. The number of aliphatic hydroxyl groups excluding tert-OH is 1. The van der Waals surface area contributed by atoms with E-state index < -0.39 is 75.7 Å². The van der Waals surface area contributed by atoms with E-state index in [1.807, 2.05) is 0 Å². The van der Waals surface area contributed by atoms with Gasteiger partial charge < -0.3 is 39.5 Å². The van der Waals surface area contributed by atoms with Gasteiger partial charge in [-0.25, -0.2) is 28.6 Å². The summed E-state index contributed by atoms with van der Waals surface area (Å²) in [4.78, 5) is 52.1. The molecule has 0 saturated carbocycles. The second-order valence-electron chi connectivity index (χ2n) is 10.1. The summed E-state index contributed by atoms with van der Waals surface area (Å²) >= 11 is 4.44. The minimum Gasteiger partial charge on any atom is -0.390 e. The van der Waals surface area contributed by atoms with Crippen molar-refractivity contribution in [3.63, 3.8) is 0 Å². The van der Waals surface area contributed by atoms with Crippen LogP contribution >= 0.6 is 14.5 Å². The van der Waals surface area contributed by atoms with Gasteiger partial charge in [-0.05, 0) is 17.9 Å². The Bertz CT molecular complexity index is 1880. The number of alkyl halides is 1. The molecule has 0 aliphatic carbocycles. The fourth-order valence-corrected chi connectivity index (χ4v) is 6.56. The Hall–Kier alpha value is -3.18. The number of nitrogens with zero attached hydrogens (tertiary/aromatic N) is 8. The predicted octanol–water partition coefficient (Wildman–Crippen LogP) is 0.373. The molecule has 0 bridgehead atoms. The highest BCUT2D eigenvalue weighted by Gasteiger charge is 2.51. The lowest BCUT2D eigenvalue weighted by Gasteiger charge is -2.23. The van der Waals surface area contributed by atoms with Crippen LogP contribution in [0.15, 0.2) is 30.9 Å². The van der Waals surface area contributed by atoms with E-state index in [2.05, 4.69) is 37.1 Å². The fraction of sp³-hybridized carbons (Fsp3) is 0.476. The Morgan fingerprint density at radius 2 is 1.91 bits per heavy atom. The molecule has 6 N–H and O–H groups in total. The molecule has 8 atom stereocenters. The van der Waals surface area contributed by atoms with Gasteiger partial charge in [0.2, 0.25) is 0 Å². The average molecular weight is 707 g/mol. The van der Waals surface area contributed by atoms with Crippen molar-refractivity contribution in [3.8, 4) is 0 Å². The monoisotopic (exact) mass is 707 g/mol. The standard InChI is InChI=1S/C21H24FN9O12P2S/c22-15-18(13(6-40-45(37,38)46)42-21(15)29-8-26-17-19(23)24-7-25-20(17)29)43-44(35,36)39-5-12-11(32)4-14(41-12)30-9-2-1-3-10(31(33)34)16(9)27-28-30/h1-3,7-8,11-15,18,21,32H,4-6H2,(H,35,36)(H2,23,24,25)(H2,37,38,46)/t11-,12+,13+,14+,15+,18+,21+/m0/s1. The number of imidazole rings is 1. The molecule has 3 aromatic heterocycles. The summed E-state index contributed by atoms with van der Waals surface area (Å²) in [6.45, 7) is -5.73. The highest BCUT2D eigenvalue weighted by molar-refractivity contribution is 8.06. The minimum atomic E-state index is -5.14. The number of anilines is 1. The molecule has 6 rings (SSSR count). The number of aromatic nitrogens is 7. The van der Waals surface area contributed by atoms with E-state index in [-0.39, 0.29) is 40.1 Å². The summed E-state index contributed by atoms with van der Waals surface area (Å²) < 4.78 is 57.7. The van der Waals surface area contributed by atoms with Crippen LogP contribution in [0.3, 0.4) is 0 Å². The molecule has 248 valence electrons. The highest BCUT2D eigenvalue weighted by Crippen LogP contribution is 2.50. The molecule has 0 amide bonds. The van der Waals surface area contributed by atoms with E-state index in [0.717, 1.165) is 17.2 Å². The molecule has 0 spiro atoms. The Morgan fingerprint density at radius 1 is 1.15 bits per heavy atom. The summed E-state index contributed by atoms with van der Waals surface area (Å²) in [6.07, 6.45) is -8.45. The number of non-ortho nitro benzene ring substituents is 1. The second kappa shape index (κ2) is 12.4. The number of fused-ring (bicyclic) bond motifs is 2. The smallest absolute Gasteiger partial charge is 0.390 e. The number of halogens is 1. The molecule has 5 heterocycles. The van der Waals surface area contributed by atoms with E-state index in [4.69, 9.17) is 28.8 Å². The zero-order valence-corrected chi connectivity index (χ0v) is 25.5. The van der Waals surface area contributed by atoms with Crippen LogP contribution in [-0.2, 0) is 39.4 Å². The number of rotatable bonds is 11. The molecule has 1 aromatic carbocycles. The van der Waals surface area contributed by atoms with Gasteiger partial charge in [0.1, 0.15) is 30.2 Å². The number of hydrogen-bond acceptors (Lipinski definition) is 16. The highest BCUT2D eigenvalue weighted by atomic mass is 32.5. The lowest BCUT2D eigenvalue weighted by atomic mass is 10.1. The summed E-state index contributed by atoms with van der Waals surface area (Å²) in [5.74, 6) is -0.00349. The molecule has 1 unspecified atom stereocenters. The first kappa shape index (κ1) is 32.7. The quantitative estimate of drug-likeness (QED) is 0.0799. The van der Waals surface area contributed by atoms with Crippen molar-refractivity contribution in [3.05, 3.63) is 41.0 Å². The Labute approximate surface area is 260 Å². The maximum Gasteiger partial charge on any atom is 0.472 e. The van der Waals surface area contributed by atoms with Crippen LogP contribution in [0.1, 0.15) is 18.9 Å². The van der Waals surface area contributed by atoms with E-state index in [1.165, 1.54) is 22.9 Å². The topological polar surface area (TPSA) is 288 Å². The van der Waals surface area contributed by atoms with E-state index in [1.54, 1.807) is 0 Å². The summed E-state index contributed by atoms with van der Waals surface area (Å²) in [7, 11) is -5.14. The van der Waals surface area contributed by atoms with Crippen LogP contribution < -0.4 is 5.73 Å². The zero-order chi connectivity index (χ0) is 33.0. The Morgan fingerprint density at radius 3 is 2.65 bits per heavy atom. The Kier molecular flexibility index (Phi) is 8.86. The van der Waals surface area contributed by atoms with E-state index >= 15 is 4.39 Å². The van der Waals surface area contributed by atoms with Gasteiger partial charge >= 0.3 is 14.5 Å². The molecular weight excluding hydrogens is 683 g/mol. The van der Waals surface area contributed by atoms with Crippen molar-refractivity contribution < 1.29 is 56.7 Å². The van der Waals surface area contributed by atoms with Crippen molar-refractivity contribution in [2.24, 2.45) is 0 Å². The van der Waals surface area contributed by atoms with E-state index in [9.17, 15) is 34.5 Å². The minimum absolute atomic E-state index is 0.00349. The fourth-order valence-electron chi connectivity index (χ4n) is 5.08. The van der Waals surface area contributed by atoms with Crippen molar-refractivity contribution in [2.75, 3.05) is 18.9 Å². The van der Waals surface area contributed by atoms with Crippen LogP contribution in [0, 0.1) is 10.1 Å². The molecule has 2 aliphatic rings. The predicted molar refractivity (Wildman–Crippen MR) is 153 cm³/mol. The zero-order valence-electron chi connectivity index (χ0n) is 22.9. The van der Waals surface area contributed by atoms with Crippen molar-refractivity contribution in [2.45, 2.75) is 49.5 Å². The van der Waals surface area contributed by atoms with Crippen molar-refractivity contribution in [1.29, 1.82) is 0 Å². The largest absolute Gasteiger partial charge is 0.472 e. The molecule has 2 saturated heterocycles. The van der Waals surface area contributed by atoms with Crippen LogP contribution in [0.2, 0.25) is 0 Å². The number of nitro benzene ring substituents is 1. The van der Waals surface area contributed by atoms with Gasteiger partial charge in [0, 0.05) is 12.5 Å². The third-order valence-electron chi connectivity index (χ3n) is 7.15. The van der Waals surface area contributed by atoms with Crippen molar-refractivity contribution in [1.82, 2.24) is 34.5 Å². The lowest BCUT2D eigenvalue weighted by Crippen LogP contribution is -2.34. The first-order valence-electron chi connectivity index (χ1n) is 13.1. The van der Waals surface area contributed by atoms with Gasteiger partial charge in [-0.15, -0.1) is 5.10 Å². The molecule has 2 aliphatic heterocycles. The number of hydrogen-bond donors (Lipinski definition) is 5. The summed E-state index contributed by atoms with van der Waals surface area (Å²) in [5, 5.41) is 29.6. The van der Waals surface area contributed by atoms with Gasteiger partial charge in [-0.3, -0.25) is 23.7 Å². The molecule has 4 aromatic rings. The maximum atomic E-state index is 15.9. The SMILES string of the molecule is Nc1ncnc2c1ncn2[C@@H]1O[C@H](COP(O)(O)=S)[C@@H](OP(=O)(O)OC[C@H]2O[C@@H](n3nnc4c([N+](=O)[O-])cccc43)C[C@@H]2O)[C@H]1F. The molecule has 0 radical (unpaired) electrons. The van der Waals surface area contributed by atoms with Crippen LogP contribution in [0.5, 0.6) is 0 Å². The van der Waals surface area contributed by atoms with Gasteiger partial charge in [-0.1, -0.05) is 11.3 Å². The van der Waals surface area contributed by atoms with Gasteiger partial charge in [0.15, 0.2) is 35.6 Å². The average Bonchev–Trinajstić information content (AvgIpc) is 3.76. The summed E-state index contributed by atoms with van der Waals surface area (Å²) in [5.41, 5.74) is 5.93. The number of nitrogens with two attached hydrogens (primary N) is 1. The second-order valence-corrected chi connectivity index (χ2v) is 14.2. The molecule has 2 fully saturated rings. The molecule has 46 heavy (non-hydrogen) atoms. The van der Waals surface area contributed by atoms with Gasteiger partial charge in [-0.2, -0.15) is 0 Å². The number of benzene rings is 1. The van der Waals surface area contributed by atoms with Crippen molar-refractivity contribution >= 4 is 60.1 Å². The molecular formula is C21H24FN9O12P2S. The number of ether oxygens (including phenoxy) is 2. The van der Waals surface area contributed by atoms with Gasteiger partial charge in [0.25, 0.3) is 5.69 Å². The third kappa shape index (κ3) is 6.50.